The lowest BCUT2D eigenvalue weighted by molar-refractivity contribution is 0.939. The van der Waals surface area contributed by atoms with Crippen molar-refractivity contribution in [1.82, 2.24) is 0 Å². The first-order chi connectivity index (χ1) is 9.85. The SMILES string of the molecule is C/C=C(/CCC)[S+]1c2ccccc2Sc2ccccc21. The molecule has 0 saturated heterocycles. The average Bonchev–Trinajstić information content (AvgIpc) is 2.50. The molecule has 20 heavy (non-hydrogen) atoms. The zero-order chi connectivity index (χ0) is 13.9. The van der Waals surface area contributed by atoms with Crippen molar-refractivity contribution in [3.05, 3.63) is 59.5 Å². The smallest absolute Gasteiger partial charge is 0.0795 e. The largest absolute Gasteiger partial charge is 0.180 e. The summed E-state index contributed by atoms with van der Waals surface area (Å²) in [5.74, 6) is 0. The molecule has 0 amide bonds. The standard InChI is InChI=1S/C18H19S2/c1-3-9-14(4-2)20-17-12-7-5-10-15(17)19-16-11-6-8-13-18(16)20/h4-8,10-13H,3,9H2,1-2H3/q+1/b14-4-. The molecule has 0 aromatic heterocycles. The van der Waals surface area contributed by atoms with Crippen molar-refractivity contribution in [3.63, 3.8) is 0 Å². The van der Waals surface area contributed by atoms with E-state index in [2.05, 4.69) is 68.5 Å². The van der Waals surface area contributed by atoms with Crippen LogP contribution in [-0.4, -0.2) is 0 Å². The Hall–Kier alpha value is -1.12. The van der Waals surface area contributed by atoms with Gasteiger partial charge in [-0.15, -0.1) is 0 Å². The molecule has 0 atom stereocenters. The first kappa shape index (κ1) is 13.8. The molecule has 2 aromatic carbocycles. The van der Waals surface area contributed by atoms with E-state index >= 15 is 0 Å². The van der Waals surface area contributed by atoms with E-state index in [-0.39, 0.29) is 10.9 Å². The van der Waals surface area contributed by atoms with Crippen molar-refractivity contribution in [3.8, 4) is 0 Å². The second-order valence-electron chi connectivity index (χ2n) is 4.81. The highest BCUT2D eigenvalue weighted by Gasteiger charge is 2.38. The molecule has 1 aliphatic rings. The van der Waals surface area contributed by atoms with E-state index in [4.69, 9.17) is 0 Å². The molecule has 0 nitrogen and oxygen atoms in total. The molecular formula is C18H19S2+. The van der Waals surface area contributed by atoms with Gasteiger partial charge in [0.2, 0.25) is 0 Å². The summed E-state index contributed by atoms with van der Waals surface area (Å²) < 4.78 is 0. The van der Waals surface area contributed by atoms with Crippen molar-refractivity contribution in [2.75, 3.05) is 0 Å². The van der Waals surface area contributed by atoms with Gasteiger partial charge in [0.1, 0.15) is 4.91 Å². The van der Waals surface area contributed by atoms with Crippen LogP contribution in [0.3, 0.4) is 0 Å². The number of hydrogen-bond acceptors (Lipinski definition) is 1. The lowest BCUT2D eigenvalue weighted by Crippen LogP contribution is -2.12. The lowest BCUT2D eigenvalue weighted by atomic mass is 10.3. The number of benzene rings is 2. The first-order valence-corrected chi connectivity index (χ1v) is 9.14. The Morgan fingerprint density at radius 3 is 2.05 bits per heavy atom. The fraction of sp³-hybridized carbons (Fsp3) is 0.222. The number of hydrogen-bond donors (Lipinski definition) is 0. The number of allylic oxidation sites excluding steroid dienone is 2. The van der Waals surface area contributed by atoms with Crippen LogP contribution in [-0.2, 0) is 10.9 Å². The van der Waals surface area contributed by atoms with Crippen LogP contribution in [0.25, 0.3) is 0 Å². The van der Waals surface area contributed by atoms with Gasteiger partial charge in [-0.25, -0.2) is 0 Å². The van der Waals surface area contributed by atoms with Gasteiger partial charge in [0.05, 0.1) is 20.7 Å². The Kier molecular flexibility index (Phi) is 4.23. The van der Waals surface area contributed by atoms with Crippen molar-refractivity contribution >= 4 is 22.7 Å². The van der Waals surface area contributed by atoms with Gasteiger partial charge in [0.15, 0.2) is 9.79 Å². The summed E-state index contributed by atoms with van der Waals surface area (Å²) >= 11 is 1.91. The van der Waals surface area contributed by atoms with Crippen LogP contribution in [0.1, 0.15) is 26.7 Å². The second-order valence-corrected chi connectivity index (χ2v) is 7.91. The summed E-state index contributed by atoms with van der Waals surface area (Å²) in [6, 6.07) is 17.8. The molecule has 0 bridgehead atoms. The van der Waals surface area contributed by atoms with Crippen LogP contribution in [0, 0.1) is 0 Å². The van der Waals surface area contributed by atoms with Gasteiger partial charge in [-0.3, -0.25) is 0 Å². The fourth-order valence-electron chi connectivity index (χ4n) is 2.54. The quantitative estimate of drug-likeness (QED) is 0.637. The zero-order valence-electron chi connectivity index (χ0n) is 11.9. The second kappa shape index (κ2) is 6.11. The Morgan fingerprint density at radius 1 is 1.00 bits per heavy atom. The number of fused-ring (bicyclic) bond motifs is 2. The monoisotopic (exact) mass is 299 g/mol. The third kappa shape index (κ3) is 2.43. The van der Waals surface area contributed by atoms with Gasteiger partial charge in [0, 0.05) is 6.42 Å². The van der Waals surface area contributed by atoms with Gasteiger partial charge in [-0.1, -0.05) is 43.0 Å². The molecule has 0 unspecified atom stereocenters. The van der Waals surface area contributed by atoms with E-state index in [9.17, 15) is 0 Å². The van der Waals surface area contributed by atoms with E-state index in [1.165, 1.54) is 32.4 Å². The topological polar surface area (TPSA) is 0 Å². The highest BCUT2D eigenvalue weighted by Crippen LogP contribution is 2.48. The minimum atomic E-state index is 0.108. The average molecular weight is 299 g/mol. The minimum Gasteiger partial charge on any atom is -0.0795 e. The summed E-state index contributed by atoms with van der Waals surface area (Å²) in [5, 5.41) is 0. The van der Waals surface area contributed by atoms with E-state index in [0.717, 1.165) is 0 Å². The maximum Gasteiger partial charge on any atom is 0.180 e. The fourth-order valence-corrected chi connectivity index (χ4v) is 6.57. The zero-order valence-corrected chi connectivity index (χ0v) is 13.6. The predicted octanol–water partition coefficient (Wildman–Crippen LogP) is 5.89. The Morgan fingerprint density at radius 2 is 1.55 bits per heavy atom. The van der Waals surface area contributed by atoms with Crippen LogP contribution in [0.5, 0.6) is 0 Å². The van der Waals surface area contributed by atoms with Crippen molar-refractivity contribution in [2.24, 2.45) is 0 Å². The van der Waals surface area contributed by atoms with Gasteiger partial charge in [-0.2, -0.15) is 0 Å². The summed E-state index contributed by atoms with van der Waals surface area (Å²) in [4.78, 5) is 7.41. The normalized spacial score (nSPS) is 14.8. The summed E-state index contributed by atoms with van der Waals surface area (Å²) in [5.41, 5.74) is 0. The molecule has 1 heterocycles. The molecule has 3 rings (SSSR count). The molecule has 0 saturated carbocycles. The van der Waals surface area contributed by atoms with Crippen molar-refractivity contribution in [1.29, 1.82) is 0 Å². The predicted molar refractivity (Wildman–Crippen MR) is 89.6 cm³/mol. The summed E-state index contributed by atoms with van der Waals surface area (Å²) in [6.45, 7) is 4.45. The minimum absolute atomic E-state index is 0.108. The van der Waals surface area contributed by atoms with Crippen LogP contribution < -0.4 is 0 Å². The van der Waals surface area contributed by atoms with Crippen LogP contribution in [0.2, 0.25) is 0 Å². The molecule has 0 spiro atoms. The molecule has 2 aromatic rings. The highest BCUT2D eigenvalue weighted by atomic mass is 32.2. The maximum absolute atomic E-state index is 2.33. The van der Waals surface area contributed by atoms with E-state index in [1.54, 1.807) is 4.91 Å². The molecule has 0 aliphatic carbocycles. The molecule has 1 aliphatic heterocycles. The Balaban J connectivity index is 2.17. The van der Waals surface area contributed by atoms with Gasteiger partial charge in [-0.05, 0) is 43.7 Å². The summed E-state index contributed by atoms with van der Waals surface area (Å²) in [6.07, 6.45) is 4.73. The summed E-state index contributed by atoms with van der Waals surface area (Å²) in [7, 11) is 0.108. The third-order valence-electron chi connectivity index (χ3n) is 3.44. The van der Waals surface area contributed by atoms with E-state index in [0.29, 0.717) is 0 Å². The van der Waals surface area contributed by atoms with Gasteiger partial charge < -0.3 is 0 Å². The van der Waals surface area contributed by atoms with E-state index < -0.39 is 0 Å². The van der Waals surface area contributed by atoms with Crippen molar-refractivity contribution < 1.29 is 0 Å². The molecule has 0 N–H and O–H groups in total. The van der Waals surface area contributed by atoms with Crippen LogP contribution >= 0.6 is 11.8 Å². The van der Waals surface area contributed by atoms with Gasteiger partial charge >= 0.3 is 0 Å². The molecular weight excluding hydrogens is 280 g/mol. The van der Waals surface area contributed by atoms with Crippen molar-refractivity contribution in [2.45, 2.75) is 46.3 Å². The Bertz CT molecular complexity index is 598. The maximum atomic E-state index is 2.33. The molecule has 2 heteroatoms. The molecule has 0 radical (unpaired) electrons. The molecule has 102 valence electrons. The van der Waals surface area contributed by atoms with Gasteiger partial charge in [0.25, 0.3) is 0 Å². The number of rotatable bonds is 3. The third-order valence-corrected chi connectivity index (χ3v) is 7.40. The first-order valence-electron chi connectivity index (χ1n) is 7.10. The Labute approximate surface area is 128 Å². The highest BCUT2D eigenvalue weighted by molar-refractivity contribution is 8.05. The molecule has 0 fully saturated rings. The lowest BCUT2D eigenvalue weighted by Gasteiger charge is -2.20. The van der Waals surface area contributed by atoms with Crippen LogP contribution in [0.15, 0.2) is 79.1 Å². The van der Waals surface area contributed by atoms with E-state index in [1.807, 2.05) is 11.8 Å². The van der Waals surface area contributed by atoms with Crippen LogP contribution in [0.4, 0.5) is 0 Å².